The fourth-order valence-electron chi connectivity index (χ4n) is 3.77. The molecule has 0 bridgehead atoms. The molecule has 31 heavy (non-hydrogen) atoms. The van der Waals surface area contributed by atoms with Crippen LogP contribution in [0.3, 0.4) is 0 Å². The number of thioether (sulfide) groups is 1. The molecule has 0 saturated heterocycles. The molecule has 1 aliphatic rings. The minimum atomic E-state index is -0.376. The molecule has 4 rings (SSSR count). The fourth-order valence-corrected chi connectivity index (χ4v) is 4.87. The van der Waals surface area contributed by atoms with E-state index in [1.165, 1.54) is 17.3 Å². The van der Waals surface area contributed by atoms with Gasteiger partial charge in [-0.05, 0) is 55.0 Å². The second-order valence-corrected chi connectivity index (χ2v) is 9.14. The van der Waals surface area contributed by atoms with E-state index < -0.39 is 0 Å². The van der Waals surface area contributed by atoms with Crippen molar-refractivity contribution in [1.29, 1.82) is 0 Å². The van der Waals surface area contributed by atoms with E-state index in [1.807, 2.05) is 30.7 Å². The van der Waals surface area contributed by atoms with E-state index >= 15 is 0 Å². The van der Waals surface area contributed by atoms with E-state index in [1.54, 1.807) is 0 Å². The lowest BCUT2D eigenvalue weighted by molar-refractivity contribution is -0.116. The third kappa shape index (κ3) is 4.46. The van der Waals surface area contributed by atoms with Crippen molar-refractivity contribution in [1.82, 2.24) is 14.9 Å². The van der Waals surface area contributed by atoms with Gasteiger partial charge in [-0.15, -0.1) is 10.2 Å². The van der Waals surface area contributed by atoms with Gasteiger partial charge >= 0.3 is 0 Å². The topological polar surface area (TPSA) is 71.8 Å². The Morgan fingerprint density at radius 2 is 1.90 bits per heavy atom. The van der Waals surface area contributed by atoms with Crippen molar-refractivity contribution >= 4 is 23.4 Å². The van der Waals surface area contributed by atoms with Crippen molar-refractivity contribution < 1.29 is 4.79 Å². The normalized spacial score (nSPS) is 17.7. The lowest BCUT2D eigenvalue weighted by atomic mass is 10.0. The molecular formula is C24H29N5OS. The van der Waals surface area contributed by atoms with Crippen LogP contribution < -0.4 is 10.7 Å². The quantitative estimate of drug-likeness (QED) is 0.581. The lowest BCUT2D eigenvalue weighted by Gasteiger charge is -2.33. The summed E-state index contributed by atoms with van der Waals surface area (Å²) in [7, 11) is 0. The molecule has 2 N–H and O–H groups in total. The van der Waals surface area contributed by atoms with Gasteiger partial charge < -0.3 is 10.7 Å². The molecule has 7 heteroatoms. The summed E-state index contributed by atoms with van der Waals surface area (Å²) < 4.78 is 1.95. The summed E-state index contributed by atoms with van der Waals surface area (Å²) in [6.45, 7) is 8.31. The van der Waals surface area contributed by atoms with E-state index in [0.717, 1.165) is 52.6 Å². The minimum Gasteiger partial charge on any atom is -0.325 e. The first kappa shape index (κ1) is 21.4. The molecule has 0 aliphatic carbocycles. The van der Waals surface area contributed by atoms with Gasteiger partial charge in [-0.2, -0.15) is 0 Å². The molecule has 1 amide bonds. The standard InChI is InChI=1S/C24H29N5OS/c1-5-7-20-26-27-24-29(20)28-21(18-12-10-17(6-2)11-13-18)22(31-24)23(30)25-19-14-15(3)8-9-16(19)4/h8-14,21-22,28H,5-7H2,1-4H3,(H,25,30)/t21-,22-/m0/s1. The number of rotatable bonds is 6. The van der Waals surface area contributed by atoms with Gasteiger partial charge in [0.05, 0.1) is 6.04 Å². The molecule has 6 nitrogen and oxygen atoms in total. The average Bonchev–Trinajstić information content (AvgIpc) is 3.17. The molecule has 2 heterocycles. The number of carbonyl (C=O) groups is 1. The number of carbonyl (C=O) groups excluding carboxylic acids is 1. The van der Waals surface area contributed by atoms with Crippen LogP contribution >= 0.6 is 11.8 Å². The summed E-state index contributed by atoms with van der Waals surface area (Å²) in [6, 6.07) is 14.4. The van der Waals surface area contributed by atoms with Gasteiger partial charge in [-0.25, -0.2) is 4.68 Å². The number of benzene rings is 2. The Kier molecular flexibility index (Phi) is 6.32. The molecule has 0 saturated carbocycles. The maximum absolute atomic E-state index is 13.5. The van der Waals surface area contributed by atoms with Crippen LogP contribution in [0.1, 0.15) is 54.4 Å². The third-order valence-electron chi connectivity index (χ3n) is 5.63. The minimum absolute atomic E-state index is 0.0398. The summed E-state index contributed by atoms with van der Waals surface area (Å²) in [5.41, 5.74) is 8.91. The van der Waals surface area contributed by atoms with Gasteiger partial charge in [0.1, 0.15) is 5.25 Å². The van der Waals surface area contributed by atoms with Crippen molar-refractivity contribution in [3.8, 4) is 0 Å². The Hall–Kier alpha value is -2.80. The largest absolute Gasteiger partial charge is 0.325 e. The van der Waals surface area contributed by atoms with Gasteiger partial charge in [-0.3, -0.25) is 4.79 Å². The summed E-state index contributed by atoms with van der Waals surface area (Å²) in [4.78, 5) is 13.5. The zero-order valence-electron chi connectivity index (χ0n) is 18.5. The maximum atomic E-state index is 13.5. The molecule has 2 aromatic carbocycles. The van der Waals surface area contributed by atoms with Gasteiger partial charge in [0.25, 0.3) is 0 Å². The van der Waals surface area contributed by atoms with Crippen LogP contribution in [0.2, 0.25) is 0 Å². The molecule has 0 fully saturated rings. The van der Waals surface area contributed by atoms with Gasteiger partial charge in [0, 0.05) is 12.1 Å². The zero-order chi connectivity index (χ0) is 22.0. The number of nitrogens with zero attached hydrogens (tertiary/aromatic N) is 3. The smallest absolute Gasteiger partial charge is 0.240 e. The molecule has 2 atom stereocenters. The molecule has 0 unspecified atom stereocenters. The monoisotopic (exact) mass is 435 g/mol. The second kappa shape index (κ2) is 9.14. The van der Waals surface area contributed by atoms with Crippen LogP contribution in [-0.4, -0.2) is 26.0 Å². The Morgan fingerprint density at radius 1 is 1.13 bits per heavy atom. The number of fused-ring (bicyclic) bond motifs is 1. The molecule has 1 aromatic heterocycles. The van der Waals surface area contributed by atoms with Crippen molar-refractivity contribution in [3.63, 3.8) is 0 Å². The first-order chi connectivity index (χ1) is 15.0. The van der Waals surface area contributed by atoms with Gasteiger partial charge in [0.2, 0.25) is 11.1 Å². The average molecular weight is 436 g/mol. The Labute approximate surface area is 187 Å². The van der Waals surface area contributed by atoms with Crippen molar-refractivity contribution in [2.75, 3.05) is 10.7 Å². The van der Waals surface area contributed by atoms with E-state index in [2.05, 4.69) is 65.1 Å². The van der Waals surface area contributed by atoms with Crippen molar-refractivity contribution in [2.24, 2.45) is 0 Å². The number of aromatic nitrogens is 3. The molecule has 0 spiro atoms. The summed E-state index contributed by atoms with van der Waals surface area (Å²) in [6.07, 6.45) is 2.80. The lowest BCUT2D eigenvalue weighted by Crippen LogP contribution is -2.41. The van der Waals surface area contributed by atoms with Crippen LogP contribution in [-0.2, 0) is 17.6 Å². The molecule has 3 aromatic rings. The molecular weight excluding hydrogens is 406 g/mol. The van der Waals surface area contributed by atoms with E-state index in [9.17, 15) is 4.79 Å². The SMILES string of the molecule is CCCc1nnc2n1N[C@@H](c1ccc(CC)cc1)[C@@H](C(=O)Nc1cc(C)ccc1C)S2. The predicted octanol–water partition coefficient (Wildman–Crippen LogP) is 4.81. The molecule has 1 aliphatic heterocycles. The fraction of sp³-hybridized carbons (Fsp3) is 0.375. The molecule has 162 valence electrons. The number of nitrogens with one attached hydrogen (secondary N) is 2. The van der Waals surface area contributed by atoms with Crippen LogP contribution in [0.4, 0.5) is 5.69 Å². The van der Waals surface area contributed by atoms with Crippen LogP contribution in [0.5, 0.6) is 0 Å². The first-order valence-corrected chi connectivity index (χ1v) is 11.7. The number of hydrogen-bond donors (Lipinski definition) is 2. The number of anilines is 1. The number of hydrogen-bond acceptors (Lipinski definition) is 5. The Bertz CT molecular complexity index is 1080. The highest BCUT2D eigenvalue weighted by Gasteiger charge is 2.37. The summed E-state index contributed by atoms with van der Waals surface area (Å²) >= 11 is 1.47. The number of amides is 1. The van der Waals surface area contributed by atoms with Gasteiger partial charge in [-0.1, -0.05) is 62.0 Å². The predicted molar refractivity (Wildman–Crippen MR) is 126 cm³/mol. The summed E-state index contributed by atoms with van der Waals surface area (Å²) in [5.74, 6) is 0.857. The molecule has 0 radical (unpaired) electrons. The second-order valence-electron chi connectivity index (χ2n) is 8.03. The van der Waals surface area contributed by atoms with E-state index in [4.69, 9.17) is 0 Å². The van der Waals surface area contributed by atoms with E-state index in [0.29, 0.717) is 0 Å². The van der Waals surface area contributed by atoms with Crippen LogP contribution in [0, 0.1) is 13.8 Å². The van der Waals surface area contributed by atoms with Crippen molar-refractivity contribution in [2.45, 2.75) is 63.4 Å². The number of aryl methyl sites for hydroxylation is 4. The zero-order valence-corrected chi connectivity index (χ0v) is 19.3. The highest BCUT2D eigenvalue weighted by molar-refractivity contribution is 8.00. The Morgan fingerprint density at radius 3 is 2.61 bits per heavy atom. The van der Waals surface area contributed by atoms with Gasteiger partial charge in [0.15, 0.2) is 5.82 Å². The highest BCUT2D eigenvalue weighted by Crippen LogP contribution is 2.38. The maximum Gasteiger partial charge on any atom is 0.240 e. The van der Waals surface area contributed by atoms with E-state index in [-0.39, 0.29) is 17.2 Å². The highest BCUT2D eigenvalue weighted by atomic mass is 32.2. The first-order valence-electron chi connectivity index (χ1n) is 10.8. The third-order valence-corrected chi connectivity index (χ3v) is 6.85. The van der Waals surface area contributed by atoms with Crippen LogP contribution in [0.25, 0.3) is 0 Å². The van der Waals surface area contributed by atoms with Crippen LogP contribution in [0.15, 0.2) is 47.6 Å². The Balaban J connectivity index is 1.67. The van der Waals surface area contributed by atoms with Crippen molar-refractivity contribution in [3.05, 3.63) is 70.5 Å². The summed E-state index contributed by atoms with van der Waals surface area (Å²) in [5, 5.41) is 12.2.